The maximum Gasteiger partial charge on any atom is 0.343 e. The lowest BCUT2D eigenvalue weighted by Gasteiger charge is -2.04. The van der Waals surface area contributed by atoms with Crippen LogP contribution in [0.4, 0.5) is 0 Å². The van der Waals surface area contributed by atoms with Crippen LogP contribution in [-0.4, -0.2) is 33.6 Å². The topological polar surface area (TPSA) is 129 Å². The van der Waals surface area contributed by atoms with E-state index in [1.54, 1.807) is 13.8 Å². The Bertz CT molecular complexity index is 949. The second-order valence-corrected chi connectivity index (χ2v) is 6.67. The Hall–Kier alpha value is -2.20. The molecule has 10 heteroatoms. The average Bonchev–Trinajstić information content (AvgIpc) is 2.56. The fraction of sp³-hybridized carbons (Fsp3) is 0.250. The van der Waals surface area contributed by atoms with Gasteiger partial charge in [0.1, 0.15) is 11.1 Å². The van der Waals surface area contributed by atoms with E-state index in [0.29, 0.717) is 15.9 Å². The molecule has 2 aromatic heterocycles. The molecule has 0 amide bonds. The van der Waals surface area contributed by atoms with Crippen molar-refractivity contribution in [3.8, 4) is 0 Å². The monoisotopic (exact) mass is 490 g/mol. The first-order valence-electron chi connectivity index (χ1n) is 7.27. The van der Waals surface area contributed by atoms with Gasteiger partial charge in [0.15, 0.2) is 0 Å². The van der Waals surface area contributed by atoms with Crippen LogP contribution in [0.1, 0.15) is 39.0 Å². The molecule has 2 rings (SSSR count). The van der Waals surface area contributed by atoms with Crippen molar-refractivity contribution >= 4 is 43.8 Å². The average molecular weight is 492 g/mol. The van der Waals surface area contributed by atoms with E-state index in [1.165, 1.54) is 19.3 Å². The molecule has 0 aliphatic rings. The van der Waals surface area contributed by atoms with Crippen LogP contribution in [0.5, 0.6) is 0 Å². The molecule has 0 unspecified atom stereocenters. The van der Waals surface area contributed by atoms with Gasteiger partial charge < -0.3 is 19.8 Å². The lowest BCUT2D eigenvalue weighted by Crippen LogP contribution is -2.20. The van der Waals surface area contributed by atoms with Crippen LogP contribution in [0.15, 0.2) is 30.9 Å². The van der Waals surface area contributed by atoms with Gasteiger partial charge >= 0.3 is 11.9 Å². The van der Waals surface area contributed by atoms with Gasteiger partial charge in [0.25, 0.3) is 0 Å². The number of aryl methyl sites for hydroxylation is 2. The maximum atomic E-state index is 11.5. The van der Waals surface area contributed by atoms with Crippen molar-refractivity contribution in [2.24, 2.45) is 0 Å². The number of pyridine rings is 2. The molecule has 3 N–H and O–H groups in total. The summed E-state index contributed by atoms with van der Waals surface area (Å²) < 4.78 is 5.32. The Morgan fingerprint density at radius 1 is 1.00 bits per heavy atom. The van der Waals surface area contributed by atoms with Gasteiger partial charge in [0.2, 0.25) is 10.9 Å². The molecule has 0 bridgehead atoms. The number of H-pyrrole nitrogens is 2. The number of rotatable bonds is 3. The van der Waals surface area contributed by atoms with Gasteiger partial charge in [-0.05, 0) is 52.6 Å². The Morgan fingerprint density at radius 2 is 1.42 bits per heavy atom. The number of carbonyl (C=O) groups is 2. The van der Waals surface area contributed by atoms with E-state index in [4.69, 9.17) is 9.84 Å². The Kier molecular flexibility index (Phi) is 7.97. The fourth-order valence-electron chi connectivity index (χ4n) is 1.90. The SMILES string of the molecule is CCOC(=O)c1c(C)[nH]cc(Br)c1=O.Cc1[nH]cc(Br)c(=O)c1C(=O)O. The van der Waals surface area contributed by atoms with Gasteiger partial charge in [0.05, 0.1) is 15.6 Å². The van der Waals surface area contributed by atoms with Crippen molar-refractivity contribution in [3.63, 3.8) is 0 Å². The van der Waals surface area contributed by atoms with Gasteiger partial charge in [-0.1, -0.05) is 0 Å². The van der Waals surface area contributed by atoms with Crippen molar-refractivity contribution in [1.82, 2.24) is 9.97 Å². The van der Waals surface area contributed by atoms with Gasteiger partial charge in [-0.15, -0.1) is 0 Å². The van der Waals surface area contributed by atoms with Crippen molar-refractivity contribution < 1.29 is 19.4 Å². The van der Waals surface area contributed by atoms with E-state index >= 15 is 0 Å². The number of aromatic nitrogens is 2. The third kappa shape index (κ3) is 5.15. The number of carbonyl (C=O) groups excluding carboxylic acids is 1. The summed E-state index contributed by atoms with van der Waals surface area (Å²) in [7, 11) is 0. The summed E-state index contributed by atoms with van der Waals surface area (Å²) in [5.41, 5.74) is -0.142. The number of aromatic amines is 2. The molecule has 0 saturated heterocycles. The lowest BCUT2D eigenvalue weighted by molar-refractivity contribution is 0.0522. The highest BCUT2D eigenvalue weighted by Gasteiger charge is 2.16. The van der Waals surface area contributed by atoms with E-state index in [0.717, 1.165) is 0 Å². The quantitative estimate of drug-likeness (QED) is 0.566. The number of hydrogen-bond donors (Lipinski definition) is 3. The molecule has 0 radical (unpaired) electrons. The molecule has 0 aromatic carbocycles. The molecule has 0 aliphatic carbocycles. The van der Waals surface area contributed by atoms with Crippen molar-refractivity contribution in [1.29, 1.82) is 0 Å². The molecule has 0 saturated carbocycles. The normalized spacial score (nSPS) is 9.88. The first-order chi connectivity index (χ1) is 12.1. The van der Waals surface area contributed by atoms with Crippen LogP contribution in [-0.2, 0) is 4.74 Å². The molecule has 0 aliphatic heterocycles. The Morgan fingerprint density at radius 3 is 1.81 bits per heavy atom. The molecule has 2 aromatic rings. The van der Waals surface area contributed by atoms with Crippen molar-refractivity contribution in [3.05, 3.63) is 64.3 Å². The molecule has 140 valence electrons. The van der Waals surface area contributed by atoms with Crippen LogP contribution in [0.2, 0.25) is 0 Å². The first-order valence-corrected chi connectivity index (χ1v) is 8.86. The van der Waals surface area contributed by atoms with Gasteiger partial charge in [-0.2, -0.15) is 0 Å². The minimum absolute atomic E-state index is 0.0567. The van der Waals surface area contributed by atoms with E-state index in [1.807, 2.05) is 0 Å². The van der Waals surface area contributed by atoms with Crippen LogP contribution in [0.3, 0.4) is 0 Å². The summed E-state index contributed by atoms with van der Waals surface area (Å²) in [4.78, 5) is 50.1. The molecule has 2 heterocycles. The fourth-order valence-corrected chi connectivity index (χ4v) is 2.53. The smallest absolute Gasteiger partial charge is 0.343 e. The van der Waals surface area contributed by atoms with E-state index in [9.17, 15) is 19.2 Å². The van der Waals surface area contributed by atoms with E-state index in [-0.39, 0.29) is 27.6 Å². The summed E-state index contributed by atoms with van der Waals surface area (Å²) in [6.45, 7) is 5.14. The van der Waals surface area contributed by atoms with Crippen LogP contribution >= 0.6 is 31.9 Å². The van der Waals surface area contributed by atoms with E-state index < -0.39 is 17.4 Å². The van der Waals surface area contributed by atoms with Crippen LogP contribution < -0.4 is 10.9 Å². The summed E-state index contributed by atoms with van der Waals surface area (Å²) in [5.74, 6) is -1.80. The molecule has 8 nitrogen and oxygen atoms in total. The van der Waals surface area contributed by atoms with Gasteiger partial charge in [-0.3, -0.25) is 9.59 Å². The minimum atomic E-state index is -1.21. The number of esters is 1. The number of ether oxygens (including phenoxy) is 1. The lowest BCUT2D eigenvalue weighted by atomic mass is 10.2. The second-order valence-electron chi connectivity index (χ2n) is 4.96. The summed E-state index contributed by atoms with van der Waals surface area (Å²) in [6, 6.07) is 0. The number of nitrogens with one attached hydrogen (secondary N) is 2. The largest absolute Gasteiger partial charge is 0.477 e. The van der Waals surface area contributed by atoms with Crippen molar-refractivity contribution in [2.75, 3.05) is 6.61 Å². The summed E-state index contributed by atoms with van der Waals surface area (Å²) in [5, 5.41) is 8.63. The van der Waals surface area contributed by atoms with Crippen LogP contribution in [0.25, 0.3) is 0 Å². The molecule has 26 heavy (non-hydrogen) atoms. The Balaban J connectivity index is 0.000000263. The van der Waals surface area contributed by atoms with E-state index in [2.05, 4.69) is 41.8 Å². The number of hydrogen-bond acceptors (Lipinski definition) is 5. The molecular formula is C16H16Br2N2O6. The molecular weight excluding hydrogens is 476 g/mol. The minimum Gasteiger partial charge on any atom is -0.477 e. The van der Waals surface area contributed by atoms with Crippen LogP contribution in [0, 0.1) is 13.8 Å². The molecule has 0 spiro atoms. The molecule has 0 fully saturated rings. The van der Waals surface area contributed by atoms with Crippen molar-refractivity contribution in [2.45, 2.75) is 20.8 Å². The standard InChI is InChI=1S/C9H10BrNO3.C7H6BrNO3/c1-3-14-9(13)7-5(2)11-4-6(10)8(7)12;1-3-5(7(11)12)6(10)4(8)2-9-3/h4H,3H2,1-2H3,(H,11,12);2H,1H3,(H,9,10)(H,11,12). The predicted molar refractivity (Wildman–Crippen MR) is 102 cm³/mol. The summed E-state index contributed by atoms with van der Waals surface area (Å²) >= 11 is 5.99. The third-order valence-corrected chi connectivity index (χ3v) is 4.34. The number of halogens is 2. The zero-order chi connectivity index (χ0) is 20.0. The highest BCUT2D eigenvalue weighted by molar-refractivity contribution is 9.10. The zero-order valence-electron chi connectivity index (χ0n) is 14.1. The second kappa shape index (κ2) is 9.48. The van der Waals surface area contributed by atoms with Gasteiger partial charge in [-0.25, -0.2) is 9.59 Å². The number of carboxylic acids is 1. The highest BCUT2D eigenvalue weighted by atomic mass is 79.9. The highest BCUT2D eigenvalue weighted by Crippen LogP contribution is 2.07. The predicted octanol–water partition coefficient (Wildman–Crippen LogP) is 2.77. The first kappa shape index (κ1) is 21.8. The van der Waals surface area contributed by atoms with Gasteiger partial charge in [0, 0.05) is 23.8 Å². The Labute approximate surface area is 164 Å². The third-order valence-electron chi connectivity index (χ3n) is 3.16. The number of carboxylic acid groups (broad SMARTS) is 1. The zero-order valence-corrected chi connectivity index (χ0v) is 17.3. The number of aromatic carboxylic acids is 1. The summed E-state index contributed by atoms with van der Waals surface area (Å²) in [6.07, 6.45) is 2.92. The molecule has 0 atom stereocenters. The maximum absolute atomic E-state index is 11.5.